The van der Waals surface area contributed by atoms with Crippen molar-refractivity contribution in [3.05, 3.63) is 16.8 Å². The first-order valence-electron chi connectivity index (χ1n) is 7.03. The molecule has 0 atom stereocenters. The number of rotatable bonds is 4. The van der Waals surface area contributed by atoms with E-state index >= 15 is 0 Å². The average molecular weight is 306 g/mol. The molecule has 0 saturated carbocycles. The Balaban J connectivity index is 2.03. The van der Waals surface area contributed by atoms with Gasteiger partial charge in [0.25, 0.3) is 0 Å². The Hall–Kier alpha value is -1.69. The number of nitrogens with one attached hydrogen (secondary N) is 2. The number of fused-ring (bicyclic) bond motifs is 1. The Morgan fingerprint density at radius 2 is 2.00 bits per heavy atom. The van der Waals surface area contributed by atoms with Crippen molar-refractivity contribution in [2.75, 3.05) is 11.9 Å². The molecular formula is C15H22N4OS. The fraction of sp³-hybridized carbons (Fsp3) is 0.533. The molecule has 0 bridgehead atoms. The highest BCUT2D eigenvalue weighted by atomic mass is 32.1. The van der Waals surface area contributed by atoms with Crippen LogP contribution in [0.25, 0.3) is 10.2 Å². The quantitative estimate of drug-likeness (QED) is 0.911. The van der Waals surface area contributed by atoms with Crippen molar-refractivity contribution in [1.29, 1.82) is 0 Å². The third kappa shape index (κ3) is 3.91. The minimum absolute atomic E-state index is 0.0403. The van der Waals surface area contributed by atoms with Crippen LogP contribution in [0.3, 0.4) is 0 Å². The molecule has 2 heterocycles. The van der Waals surface area contributed by atoms with Crippen LogP contribution in [-0.2, 0) is 4.79 Å². The molecule has 5 nitrogen and oxygen atoms in total. The Bertz CT molecular complexity index is 657. The van der Waals surface area contributed by atoms with Gasteiger partial charge in [-0.3, -0.25) is 4.79 Å². The zero-order valence-electron chi connectivity index (χ0n) is 13.2. The lowest BCUT2D eigenvalue weighted by molar-refractivity contribution is -0.122. The van der Waals surface area contributed by atoms with Crippen LogP contribution in [0.2, 0.25) is 0 Å². The number of hydrogen-bond donors (Lipinski definition) is 2. The van der Waals surface area contributed by atoms with Gasteiger partial charge in [0.05, 0.1) is 5.39 Å². The van der Waals surface area contributed by atoms with Crippen LogP contribution in [0, 0.1) is 13.8 Å². The lowest BCUT2D eigenvalue weighted by Gasteiger charge is -2.20. The van der Waals surface area contributed by atoms with Gasteiger partial charge in [0.2, 0.25) is 5.91 Å². The molecule has 0 aliphatic rings. The maximum atomic E-state index is 11.8. The molecule has 2 aromatic rings. The van der Waals surface area contributed by atoms with E-state index in [4.69, 9.17) is 0 Å². The van der Waals surface area contributed by atoms with Gasteiger partial charge in [-0.2, -0.15) is 0 Å². The van der Waals surface area contributed by atoms with Gasteiger partial charge in [-0.25, -0.2) is 9.97 Å². The first-order chi connectivity index (χ1) is 9.78. The molecule has 6 heteroatoms. The van der Waals surface area contributed by atoms with E-state index in [0.717, 1.165) is 16.0 Å². The fourth-order valence-electron chi connectivity index (χ4n) is 2.09. The summed E-state index contributed by atoms with van der Waals surface area (Å²) in [6.45, 7) is 10.6. The van der Waals surface area contributed by atoms with Crippen LogP contribution < -0.4 is 10.6 Å². The number of thiophene rings is 1. The Labute approximate surface area is 129 Å². The number of aromatic nitrogens is 2. The van der Waals surface area contributed by atoms with Gasteiger partial charge in [0.15, 0.2) is 0 Å². The number of aryl methyl sites for hydroxylation is 2. The molecule has 0 aliphatic heterocycles. The molecule has 114 valence electrons. The van der Waals surface area contributed by atoms with Gasteiger partial charge < -0.3 is 10.6 Å². The zero-order valence-corrected chi connectivity index (χ0v) is 14.0. The second-order valence-electron chi connectivity index (χ2n) is 6.16. The standard InChI is InChI=1S/C15H22N4OS/c1-9-10(2)21-14-12(9)13(17-8-18-14)16-7-6-11(20)19-15(3,4)5/h8H,6-7H2,1-5H3,(H,19,20)(H,16,17,18). The van der Waals surface area contributed by atoms with Crippen molar-refractivity contribution >= 4 is 33.3 Å². The highest BCUT2D eigenvalue weighted by Gasteiger charge is 2.14. The molecular weight excluding hydrogens is 284 g/mol. The van der Waals surface area contributed by atoms with Gasteiger partial charge in [-0.15, -0.1) is 11.3 Å². The first-order valence-corrected chi connectivity index (χ1v) is 7.85. The van der Waals surface area contributed by atoms with E-state index in [2.05, 4.69) is 34.4 Å². The predicted molar refractivity (Wildman–Crippen MR) is 87.9 cm³/mol. The Morgan fingerprint density at radius 3 is 2.67 bits per heavy atom. The summed E-state index contributed by atoms with van der Waals surface area (Å²) in [7, 11) is 0. The third-order valence-corrected chi connectivity index (χ3v) is 4.24. The highest BCUT2D eigenvalue weighted by Crippen LogP contribution is 2.32. The van der Waals surface area contributed by atoms with E-state index < -0.39 is 0 Å². The molecule has 0 aromatic carbocycles. The topological polar surface area (TPSA) is 66.9 Å². The monoisotopic (exact) mass is 306 g/mol. The van der Waals surface area contributed by atoms with E-state index in [-0.39, 0.29) is 11.4 Å². The second kappa shape index (κ2) is 5.97. The van der Waals surface area contributed by atoms with Crippen molar-refractivity contribution in [3.63, 3.8) is 0 Å². The van der Waals surface area contributed by atoms with Crippen LogP contribution >= 0.6 is 11.3 Å². The number of nitrogens with zero attached hydrogens (tertiary/aromatic N) is 2. The summed E-state index contributed by atoms with van der Waals surface area (Å²) in [4.78, 5) is 22.6. The number of carbonyl (C=O) groups excluding carboxylic acids is 1. The summed E-state index contributed by atoms with van der Waals surface area (Å²) in [5.41, 5.74) is 1.01. The minimum Gasteiger partial charge on any atom is -0.369 e. The number of hydrogen-bond acceptors (Lipinski definition) is 5. The van der Waals surface area contributed by atoms with E-state index in [1.165, 1.54) is 10.4 Å². The van der Waals surface area contributed by atoms with E-state index in [1.54, 1.807) is 17.7 Å². The zero-order chi connectivity index (χ0) is 15.6. The maximum Gasteiger partial charge on any atom is 0.222 e. The Morgan fingerprint density at radius 1 is 1.29 bits per heavy atom. The predicted octanol–water partition coefficient (Wildman–Crippen LogP) is 3.02. The SMILES string of the molecule is Cc1sc2ncnc(NCCC(=O)NC(C)(C)C)c2c1C. The molecule has 21 heavy (non-hydrogen) atoms. The summed E-state index contributed by atoms with van der Waals surface area (Å²) in [5.74, 6) is 0.851. The van der Waals surface area contributed by atoms with Crippen LogP contribution in [0.1, 0.15) is 37.6 Å². The molecule has 0 fully saturated rings. The summed E-state index contributed by atoms with van der Waals surface area (Å²) >= 11 is 1.67. The second-order valence-corrected chi connectivity index (χ2v) is 7.36. The van der Waals surface area contributed by atoms with Crippen LogP contribution in [0.5, 0.6) is 0 Å². The van der Waals surface area contributed by atoms with Crippen molar-refractivity contribution in [3.8, 4) is 0 Å². The molecule has 0 spiro atoms. The minimum atomic E-state index is -0.194. The highest BCUT2D eigenvalue weighted by molar-refractivity contribution is 7.18. The van der Waals surface area contributed by atoms with Gasteiger partial charge in [0.1, 0.15) is 17.0 Å². The molecule has 0 unspecified atom stereocenters. The summed E-state index contributed by atoms with van der Waals surface area (Å²) in [6.07, 6.45) is 1.99. The normalized spacial score (nSPS) is 11.7. The molecule has 2 N–H and O–H groups in total. The average Bonchev–Trinajstić information content (AvgIpc) is 2.64. The van der Waals surface area contributed by atoms with Crippen molar-refractivity contribution in [1.82, 2.24) is 15.3 Å². The fourth-order valence-corrected chi connectivity index (χ4v) is 3.09. The number of amides is 1. The van der Waals surface area contributed by atoms with E-state index in [0.29, 0.717) is 13.0 Å². The molecule has 1 amide bonds. The van der Waals surface area contributed by atoms with Crippen LogP contribution in [0.15, 0.2) is 6.33 Å². The van der Waals surface area contributed by atoms with Crippen molar-refractivity contribution in [2.45, 2.75) is 46.6 Å². The van der Waals surface area contributed by atoms with Crippen molar-refractivity contribution < 1.29 is 4.79 Å². The molecule has 0 saturated heterocycles. The van der Waals surface area contributed by atoms with Gasteiger partial charge >= 0.3 is 0 Å². The largest absolute Gasteiger partial charge is 0.369 e. The lowest BCUT2D eigenvalue weighted by Crippen LogP contribution is -2.41. The summed E-state index contributed by atoms with van der Waals surface area (Å²) in [5, 5.41) is 7.27. The van der Waals surface area contributed by atoms with E-state index in [1.807, 2.05) is 20.8 Å². The molecule has 0 radical (unpaired) electrons. The summed E-state index contributed by atoms with van der Waals surface area (Å²) < 4.78 is 0. The number of anilines is 1. The molecule has 2 rings (SSSR count). The number of carbonyl (C=O) groups is 1. The van der Waals surface area contributed by atoms with Gasteiger partial charge in [0, 0.05) is 23.4 Å². The maximum absolute atomic E-state index is 11.8. The first kappa shape index (κ1) is 15.7. The molecule has 0 aliphatic carbocycles. The smallest absolute Gasteiger partial charge is 0.222 e. The Kier molecular flexibility index (Phi) is 4.46. The van der Waals surface area contributed by atoms with Gasteiger partial charge in [-0.1, -0.05) is 0 Å². The molecule has 2 aromatic heterocycles. The third-order valence-electron chi connectivity index (χ3n) is 3.12. The van der Waals surface area contributed by atoms with Gasteiger partial charge in [-0.05, 0) is 40.2 Å². The van der Waals surface area contributed by atoms with Crippen molar-refractivity contribution in [2.24, 2.45) is 0 Å². The van der Waals surface area contributed by atoms with Crippen LogP contribution in [-0.4, -0.2) is 28.0 Å². The summed E-state index contributed by atoms with van der Waals surface area (Å²) in [6, 6.07) is 0. The van der Waals surface area contributed by atoms with Crippen LogP contribution in [0.4, 0.5) is 5.82 Å². The van der Waals surface area contributed by atoms with E-state index in [9.17, 15) is 4.79 Å². The lowest BCUT2D eigenvalue weighted by atomic mass is 10.1.